The molecule has 10 heteroatoms. The molecule has 1 fully saturated rings. The lowest BCUT2D eigenvalue weighted by Crippen LogP contribution is -2.45. The normalized spacial score (nSPS) is 17.9. The fraction of sp³-hybridized carbons (Fsp3) is 0.600. The van der Waals surface area contributed by atoms with Crippen LogP contribution in [0.4, 0.5) is 26.3 Å². The Bertz CT molecular complexity index is 556. The van der Waals surface area contributed by atoms with E-state index in [1.165, 1.54) is 6.07 Å². The van der Waals surface area contributed by atoms with E-state index in [0.29, 0.717) is 26.2 Å². The van der Waals surface area contributed by atoms with Crippen LogP contribution in [0.5, 0.6) is 0 Å². The highest BCUT2D eigenvalue weighted by atomic mass is 35.5. The molecule has 0 spiro atoms. The van der Waals surface area contributed by atoms with Crippen LogP contribution in [0.15, 0.2) is 18.2 Å². The Morgan fingerprint density at radius 1 is 1.08 bits per heavy atom. The fourth-order valence-electron chi connectivity index (χ4n) is 2.93. The Morgan fingerprint density at radius 3 is 2.20 bits per heavy atom. The van der Waals surface area contributed by atoms with Gasteiger partial charge in [-0.25, -0.2) is 0 Å². The SMILES string of the molecule is Cl.FC(F)(F)CC[C@@H](c1c(Cl)cccc1C(F)(F)F)N1CCNCC1. The largest absolute Gasteiger partial charge is 0.416 e. The van der Waals surface area contributed by atoms with Crippen molar-refractivity contribution in [1.82, 2.24) is 10.2 Å². The standard InChI is InChI=1S/C15H17ClF6N2.ClH/c16-11-3-1-2-10(15(20,21)22)13(11)12(4-5-14(17,18)19)24-8-6-23-7-9-24;/h1-3,12,23H,4-9H2;1H/t12-;/m0./s1. The minimum Gasteiger partial charge on any atom is -0.314 e. The summed E-state index contributed by atoms with van der Waals surface area (Å²) in [7, 11) is 0. The highest BCUT2D eigenvalue weighted by molar-refractivity contribution is 6.31. The zero-order chi connectivity index (χ0) is 18.0. The first-order valence-corrected chi connectivity index (χ1v) is 7.84. The van der Waals surface area contributed by atoms with Crippen molar-refractivity contribution in [3.05, 3.63) is 34.3 Å². The van der Waals surface area contributed by atoms with Crippen molar-refractivity contribution in [2.45, 2.75) is 31.2 Å². The molecule has 0 amide bonds. The van der Waals surface area contributed by atoms with Crippen molar-refractivity contribution in [3.8, 4) is 0 Å². The third-order valence-corrected chi connectivity index (χ3v) is 4.31. The average molecular weight is 411 g/mol. The van der Waals surface area contributed by atoms with Gasteiger partial charge in [0.05, 0.1) is 5.56 Å². The van der Waals surface area contributed by atoms with Crippen molar-refractivity contribution in [2.75, 3.05) is 26.2 Å². The van der Waals surface area contributed by atoms with E-state index < -0.39 is 36.8 Å². The molecule has 2 rings (SSSR count). The van der Waals surface area contributed by atoms with Crippen LogP contribution in [-0.4, -0.2) is 37.3 Å². The van der Waals surface area contributed by atoms with Crippen LogP contribution >= 0.6 is 24.0 Å². The first-order chi connectivity index (χ1) is 11.1. The van der Waals surface area contributed by atoms with Crippen molar-refractivity contribution >= 4 is 24.0 Å². The van der Waals surface area contributed by atoms with Gasteiger partial charge >= 0.3 is 12.4 Å². The zero-order valence-electron chi connectivity index (χ0n) is 13.1. The van der Waals surface area contributed by atoms with Gasteiger partial charge in [0.25, 0.3) is 0 Å². The molecule has 0 bridgehead atoms. The van der Waals surface area contributed by atoms with Crippen molar-refractivity contribution in [2.24, 2.45) is 0 Å². The van der Waals surface area contributed by atoms with E-state index in [1.54, 1.807) is 4.90 Å². The van der Waals surface area contributed by atoms with E-state index in [-0.39, 0.29) is 23.0 Å². The summed E-state index contributed by atoms with van der Waals surface area (Å²) in [6.07, 6.45) is -10.7. The number of benzene rings is 1. The minimum absolute atomic E-state index is 0. The quantitative estimate of drug-likeness (QED) is 0.697. The van der Waals surface area contributed by atoms with Gasteiger partial charge in [0.15, 0.2) is 0 Å². The predicted molar refractivity (Wildman–Crippen MR) is 86.2 cm³/mol. The summed E-state index contributed by atoms with van der Waals surface area (Å²) in [6, 6.07) is 2.28. The summed E-state index contributed by atoms with van der Waals surface area (Å²) in [5.74, 6) is 0. The van der Waals surface area contributed by atoms with Gasteiger partial charge in [0.1, 0.15) is 0 Å². The van der Waals surface area contributed by atoms with Gasteiger partial charge in [-0.2, -0.15) is 26.3 Å². The number of nitrogens with one attached hydrogen (secondary N) is 1. The number of piperazine rings is 1. The second-order valence-electron chi connectivity index (χ2n) is 5.65. The highest BCUT2D eigenvalue weighted by Crippen LogP contribution is 2.42. The predicted octanol–water partition coefficient (Wildman–Crippen LogP) is 5.07. The monoisotopic (exact) mass is 410 g/mol. The van der Waals surface area contributed by atoms with Crippen LogP contribution in [0.2, 0.25) is 5.02 Å². The molecule has 144 valence electrons. The number of halogens is 8. The summed E-state index contributed by atoms with van der Waals surface area (Å²) in [5, 5.41) is 2.88. The lowest BCUT2D eigenvalue weighted by atomic mass is 9.94. The van der Waals surface area contributed by atoms with Crippen LogP contribution in [0.1, 0.15) is 30.0 Å². The Kier molecular flexibility index (Phi) is 7.86. The third kappa shape index (κ3) is 6.20. The van der Waals surface area contributed by atoms with Crippen LogP contribution < -0.4 is 5.32 Å². The molecule has 1 atom stereocenters. The van der Waals surface area contributed by atoms with Crippen molar-refractivity contribution < 1.29 is 26.3 Å². The van der Waals surface area contributed by atoms with Gasteiger partial charge in [0, 0.05) is 49.2 Å². The second-order valence-corrected chi connectivity index (χ2v) is 6.06. The van der Waals surface area contributed by atoms with Crippen LogP contribution in [0, 0.1) is 0 Å². The van der Waals surface area contributed by atoms with Gasteiger partial charge < -0.3 is 5.32 Å². The lowest BCUT2D eigenvalue weighted by Gasteiger charge is -2.37. The summed E-state index contributed by atoms with van der Waals surface area (Å²) in [6.45, 7) is 1.75. The van der Waals surface area contributed by atoms with Gasteiger partial charge in [-0.3, -0.25) is 4.90 Å². The molecule has 0 aromatic heterocycles. The number of rotatable bonds is 4. The van der Waals surface area contributed by atoms with Gasteiger partial charge in [0.2, 0.25) is 0 Å². The smallest absolute Gasteiger partial charge is 0.314 e. The molecule has 1 N–H and O–H groups in total. The number of alkyl halides is 6. The molecule has 0 radical (unpaired) electrons. The second kappa shape index (κ2) is 8.79. The van der Waals surface area contributed by atoms with Crippen LogP contribution in [0.3, 0.4) is 0 Å². The topological polar surface area (TPSA) is 15.3 Å². The van der Waals surface area contributed by atoms with Gasteiger partial charge in [-0.1, -0.05) is 17.7 Å². The molecule has 25 heavy (non-hydrogen) atoms. The highest BCUT2D eigenvalue weighted by Gasteiger charge is 2.39. The summed E-state index contributed by atoms with van der Waals surface area (Å²) >= 11 is 5.98. The van der Waals surface area contributed by atoms with E-state index in [0.717, 1.165) is 12.1 Å². The molecular formula is C15H18Cl2F6N2. The van der Waals surface area contributed by atoms with E-state index in [2.05, 4.69) is 5.32 Å². The Labute approximate surface area is 152 Å². The molecule has 1 heterocycles. The molecule has 1 saturated heterocycles. The summed E-state index contributed by atoms with van der Waals surface area (Å²) in [5.41, 5.74) is -1.24. The Morgan fingerprint density at radius 2 is 1.68 bits per heavy atom. The Balaban J connectivity index is 0.00000312. The zero-order valence-corrected chi connectivity index (χ0v) is 14.6. The van der Waals surface area contributed by atoms with E-state index in [9.17, 15) is 26.3 Å². The summed E-state index contributed by atoms with van der Waals surface area (Å²) in [4.78, 5) is 1.64. The lowest BCUT2D eigenvalue weighted by molar-refractivity contribution is -0.141. The molecule has 0 aliphatic carbocycles. The molecule has 1 aliphatic rings. The molecule has 1 aromatic rings. The van der Waals surface area contributed by atoms with Gasteiger partial charge in [-0.05, 0) is 18.6 Å². The molecule has 0 saturated carbocycles. The molecule has 2 nitrogen and oxygen atoms in total. The van der Waals surface area contributed by atoms with E-state index in [4.69, 9.17) is 11.6 Å². The van der Waals surface area contributed by atoms with Crippen LogP contribution in [-0.2, 0) is 6.18 Å². The number of nitrogens with zero attached hydrogens (tertiary/aromatic N) is 1. The molecule has 0 unspecified atom stereocenters. The molecule has 1 aromatic carbocycles. The fourth-order valence-corrected chi connectivity index (χ4v) is 3.23. The first-order valence-electron chi connectivity index (χ1n) is 7.47. The maximum atomic E-state index is 13.3. The summed E-state index contributed by atoms with van der Waals surface area (Å²) < 4.78 is 77.9. The van der Waals surface area contributed by atoms with E-state index >= 15 is 0 Å². The van der Waals surface area contributed by atoms with Crippen molar-refractivity contribution in [1.29, 1.82) is 0 Å². The third-order valence-electron chi connectivity index (χ3n) is 3.99. The molecule has 1 aliphatic heterocycles. The van der Waals surface area contributed by atoms with Crippen LogP contribution in [0.25, 0.3) is 0 Å². The maximum absolute atomic E-state index is 13.3. The van der Waals surface area contributed by atoms with E-state index in [1.807, 2.05) is 0 Å². The van der Waals surface area contributed by atoms with Crippen molar-refractivity contribution in [3.63, 3.8) is 0 Å². The van der Waals surface area contributed by atoms with Gasteiger partial charge in [-0.15, -0.1) is 12.4 Å². The number of hydrogen-bond donors (Lipinski definition) is 1. The Hall–Kier alpha value is -0.700. The number of hydrogen-bond acceptors (Lipinski definition) is 2. The average Bonchev–Trinajstić information content (AvgIpc) is 2.47. The minimum atomic E-state index is -4.68. The first kappa shape index (κ1) is 22.3. The molecular weight excluding hydrogens is 393 g/mol. The maximum Gasteiger partial charge on any atom is 0.416 e.